The number of nitrogens with one attached hydrogen (secondary N) is 1. The van der Waals surface area contributed by atoms with Crippen molar-refractivity contribution in [3.8, 4) is 22.6 Å². The molecular weight excluding hydrogens is 428 g/mol. The number of rotatable bonds is 4. The predicted molar refractivity (Wildman–Crippen MR) is 118 cm³/mol. The number of hydrogen-bond acceptors (Lipinski definition) is 4. The fourth-order valence-electron chi connectivity index (χ4n) is 2.93. The van der Waals surface area contributed by atoms with E-state index in [0.29, 0.717) is 22.8 Å². The van der Waals surface area contributed by atoms with Crippen LogP contribution in [-0.4, -0.2) is 20.9 Å². The van der Waals surface area contributed by atoms with Crippen LogP contribution in [0.4, 0.5) is 5.69 Å². The summed E-state index contributed by atoms with van der Waals surface area (Å²) < 4.78 is 0.989. The topological polar surface area (TPSA) is 67.8 Å². The van der Waals surface area contributed by atoms with Crippen molar-refractivity contribution < 1.29 is 4.79 Å². The van der Waals surface area contributed by atoms with Gasteiger partial charge in [0, 0.05) is 39.9 Å². The monoisotopic (exact) mass is 444 g/mol. The Morgan fingerprint density at radius 3 is 2.45 bits per heavy atom. The Labute approximate surface area is 177 Å². The third-order valence-electron chi connectivity index (χ3n) is 4.43. The summed E-state index contributed by atoms with van der Waals surface area (Å²) in [7, 11) is 0. The number of nitrogens with zero attached hydrogens (tertiary/aromatic N) is 3. The molecule has 0 saturated heterocycles. The summed E-state index contributed by atoms with van der Waals surface area (Å²) in [5.74, 6) is 0.298. The molecule has 4 rings (SSSR count). The molecule has 2 aromatic carbocycles. The van der Waals surface area contributed by atoms with Gasteiger partial charge in [0.1, 0.15) is 0 Å². The molecule has 0 aliphatic carbocycles. The van der Waals surface area contributed by atoms with Crippen molar-refractivity contribution in [1.29, 1.82) is 0 Å². The average molecular weight is 445 g/mol. The molecule has 0 saturated carbocycles. The van der Waals surface area contributed by atoms with E-state index in [1.54, 1.807) is 18.6 Å². The lowest BCUT2D eigenvalue weighted by Crippen LogP contribution is -2.15. The van der Waals surface area contributed by atoms with E-state index < -0.39 is 0 Å². The normalized spacial score (nSPS) is 10.6. The van der Waals surface area contributed by atoms with Crippen molar-refractivity contribution in [3.63, 3.8) is 0 Å². The highest BCUT2D eigenvalue weighted by Crippen LogP contribution is 2.26. The van der Waals surface area contributed by atoms with E-state index >= 15 is 0 Å². The summed E-state index contributed by atoms with van der Waals surface area (Å²) in [4.78, 5) is 26.2. The lowest BCUT2D eigenvalue weighted by molar-refractivity contribution is 0.102. The highest BCUT2D eigenvalue weighted by atomic mass is 79.9. The molecule has 1 N–H and O–H groups in total. The number of hydrogen-bond donors (Lipinski definition) is 1. The van der Waals surface area contributed by atoms with Crippen molar-refractivity contribution >= 4 is 27.5 Å². The molecule has 0 bridgehead atoms. The SMILES string of the molecule is Cc1cc(NC(=O)c2cnc(-c3ccccc3)nc2-c2ccncc2)ccc1Br. The van der Waals surface area contributed by atoms with Crippen LogP contribution in [0.1, 0.15) is 15.9 Å². The number of carbonyl (C=O) groups is 1. The molecule has 0 radical (unpaired) electrons. The summed E-state index contributed by atoms with van der Waals surface area (Å²) in [5.41, 5.74) is 4.40. The van der Waals surface area contributed by atoms with Crippen molar-refractivity contribution in [2.24, 2.45) is 0 Å². The minimum absolute atomic E-state index is 0.266. The molecule has 142 valence electrons. The van der Waals surface area contributed by atoms with Crippen LogP contribution in [0.3, 0.4) is 0 Å². The fraction of sp³-hybridized carbons (Fsp3) is 0.0435. The molecule has 2 heterocycles. The van der Waals surface area contributed by atoms with Gasteiger partial charge in [0.05, 0.1) is 11.3 Å². The maximum Gasteiger partial charge on any atom is 0.259 e. The van der Waals surface area contributed by atoms with Gasteiger partial charge in [0.2, 0.25) is 0 Å². The molecule has 6 heteroatoms. The number of carbonyl (C=O) groups excluding carboxylic acids is 1. The Balaban J connectivity index is 1.75. The number of halogens is 1. The molecule has 5 nitrogen and oxygen atoms in total. The highest BCUT2D eigenvalue weighted by molar-refractivity contribution is 9.10. The van der Waals surface area contributed by atoms with Gasteiger partial charge in [-0.2, -0.15) is 0 Å². The lowest BCUT2D eigenvalue weighted by Gasteiger charge is -2.12. The molecule has 1 amide bonds. The van der Waals surface area contributed by atoms with Crippen LogP contribution in [0.25, 0.3) is 22.6 Å². The molecule has 2 aromatic heterocycles. The molecule has 0 unspecified atom stereocenters. The summed E-state index contributed by atoms with van der Waals surface area (Å²) in [5, 5.41) is 2.94. The summed E-state index contributed by atoms with van der Waals surface area (Å²) in [6, 6.07) is 19.0. The zero-order valence-electron chi connectivity index (χ0n) is 15.6. The quantitative estimate of drug-likeness (QED) is 0.449. The zero-order valence-corrected chi connectivity index (χ0v) is 17.2. The second-order valence-corrected chi connectivity index (χ2v) is 7.33. The third-order valence-corrected chi connectivity index (χ3v) is 5.32. The fourth-order valence-corrected chi connectivity index (χ4v) is 3.17. The first-order chi connectivity index (χ1) is 14.1. The van der Waals surface area contributed by atoms with Crippen molar-refractivity contribution in [1.82, 2.24) is 15.0 Å². The lowest BCUT2D eigenvalue weighted by atomic mass is 10.1. The Kier molecular flexibility index (Phi) is 5.44. The number of anilines is 1. The molecule has 0 aliphatic heterocycles. The van der Waals surface area contributed by atoms with Crippen LogP contribution < -0.4 is 5.32 Å². The van der Waals surface area contributed by atoms with E-state index in [0.717, 1.165) is 21.2 Å². The second-order valence-electron chi connectivity index (χ2n) is 6.48. The van der Waals surface area contributed by atoms with Gasteiger partial charge in [0.15, 0.2) is 5.82 Å². The Morgan fingerprint density at radius 1 is 0.966 bits per heavy atom. The van der Waals surface area contributed by atoms with Crippen LogP contribution in [0.2, 0.25) is 0 Å². The summed E-state index contributed by atoms with van der Waals surface area (Å²) >= 11 is 3.47. The minimum Gasteiger partial charge on any atom is -0.322 e. The molecular formula is C23H17BrN4O. The Morgan fingerprint density at radius 2 is 1.72 bits per heavy atom. The van der Waals surface area contributed by atoms with Gasteiger partial charge in [0.25, 0.3) is 5.91 Å². The second kappa shape index (κ2) is 8.32. The molecule has 0 atom stereocenters. The Hall–Kier alpha value is -3.38. The van der Waals surface area contributed by atoms with Crippen LogP contribution in [0.5, 0.6) is 0 Å². The molecule has 29 heavy (non-hydrogen) atoms. The highest BCUT2D eigenvalue weighted by Gasteiger charge is 2.17. The smallest absolute Gasteiger partial charge is 0.259 e. The molecule has 0 aliphatic rings. The van der Waals surface area contributed by atoms with Gasteiger partial charge >= 0.3 is 0 Å². The maximum atomic E-state index is 13.0. The summed E-state index contributed by atoms with van der Waals surface area (Å²) in [6.07, 6.45) is 4.94. The first-order valence-corrected chi connectivity index (χ1v) is 9.81. The molecule has 4 aromatic rings. The average Bonchev–Trinajstić information content (AvgIpc) is 2.77. The van der Waals surface area contributed by atoms with E-state index in [4.69, 9.17) is 4.98 Å². The van der Waals surface area contributed by atoms with Gasteiger partial charge in [-0.1, -0.05) is 46.3 Å². The first-order valence-electron chi connectivity index (χ1n) is 9.02. The third kappa shape index (κ3) is 4.22. The van der Waals surface area contributed by atoms with Crippen LogP contribution >= 0.6 is 15.9 Å². The van der Waals surface area contributed by atoms with E-state index in [1.165, 1.54) is 0 Å². The first kappa shape index (κ1) is 19.0. The number of aryl methyl sites for hydroxylation is 1. The van der Waals surface area contributed by atoms with Crippen LogP contribution in [-0.2, 0) is 0 Å². The number of benzene rings is 2. The van der Waals surface area contributed by atoms with Gasteiger partial charge in [-0.25, -0.2) is 9.97 Å². The number of aromatic nitrogens is 3. The molecule has 0 spiro atoms. The minimum atomic E-state index is -0.266. The number of pyridine rings is 1. The van der Waals surface area contributed by atoms with Crippen molar-refractivity contribution in [2.45, 2.75) is 6.92 Å². The van der Waals surface area contributed by atoms with Gasteiger partial charge in [-0.15, -0.1) is 0 Å². The van der Waals surface area contributed by atoms with Gasteiger partial charge < -0.3 is 5.32 Å². The van der Waals surface area contributed by atoms with E-state index in [2.05, 4.69) is 31.2 Å². The van der Waals surface area contributed by atoms with Crippen molar-refractivity contribution in [3.05, 3.63) is 94.9 Å². The summed E-state index contributed by atoms with van der Waals surface area (Å²) in [6.45, 7) is 1.97. The van der Waals surface area contributed by atoms with Crippen LogP contribution in [0, 0.1) is 6.92 Å². The predicted octanol–water partition coefficient (Wildman–Crippen LogP) is 5.53. The van der Waals surface area contributed by atoms with E-state index in [1.807, 2.05) is 67.6 Å². The van der Waals surface area contributed by atoms with Gasteiger partial charge in [-0.3, -0.25) is 9.78 Å². The molecule has 0 fully saturated rings. The zero-order chi connectivity index (χ0) is 20.2. The van der Waals surface area contributed by atoms with E-state index in [9.17, 15) is 4.79 Å². The van der Waals surface area contributed by atoms with Crippen LogP contribution in [0.15, 0.2) is 83.7 Å². The maximum absolute atomic E-state index is 13.0. The largest absolute Gasteiger partial charge is 0.322 e. The van der Waals surface area contributed by atoms with Crippen molar-refractivity contribution in [2.75, 3.05) is 5.32 Å². The Bertz CT molecular complexity index is 1160. The standard InChI is InChI=1S/C23H17BrN4O/c1-15-13-18(7-8-20(15)24)27-23(29)19-14-26-22(17-5-3-2-4-6-17)28-21(19)16-9-11-25-12-10-16/h2-14H,1H3,(H,27,29). The van der Waals surface area contributed by atoms with Gasteiger partial charge in [-0.05, 0) is 42.8 Å². The van der Waals surface area contributed by atoms with E-state index in [-0.39, 0.29) is 5.91 Å². The number of amides is 1.